The molecule has 0 aromatic heterocycles. The number of ether oxygens (including phenoxy) is 2. The number of aliphatic hydroxyl groups excluding tert-OH is 7. The third kappa shape index (κ3) is 46.9. The van der Waals surface area contributed by atoms with E-state index in [1.807, 2.05) is 0 Å². The number of amides is 1. The van der Waals surface area contributed by atoms with Crippen molar-refractivity contribution in [1.29, 1.82) is 0 Å². The summed E-state index contributed by atoms with van der Waals surface area (Å²) in [6.45, 7) is 3.53. The zero-order chi connectivity index (χ0) is 58.9. The second kappa shape index (κ2) is 59.4. The predicted octanol–water partition coefficient (Wildman–Crippen LogP) is 17.3. The summed E-state index contributed by atoms with van der Waals surface area (Å²) in [6.07, 6.45) is 60.5. The number of hydrogen-bond acceptors (Lipinski definition) is 10. The molecular formula is C70H139NO10. The largest absolute Gasteiger partial charge is 0.394 e. The highest BCUT2D eigenvalue weighted by atomic mass is 16.7. The SMILES string of the molecule is CCCCCCCCCCCCCCCCCCCCCCCCCCCCCCCCCCC(O)C(=O)NC(COC1OC(CO)C(O)C(O)C1O)C(O)C(O)CCCCCCCCCCCCCCCCCCCCCCCC. The van der Waals surface area contributed by atoms with Crippen LogP contribution in [0.2, 0.25) is 0 Å². The maximum absolute atomic E-state index is 13.3. The molecule has 8 N–H and O–H groups in total. The second-order valence-electron chi connectivity index (χ2n) is 25.7. The number of hydrogen-bond donors (Lipinski definition) is 8. The van der Waals surface area contributed by atoms with Crippen molar-refractivity contribution >= 4 is 5.91 Å². The average Bonchev–Trinajstić information content (AvgIpc) is 3.51. The Kier molecular flexibility index (Phi) is 57.3. The molecule has 1 rings (SSSR count). The van der Waals surface area contributed by atoms with Crippen LogP contribution in [0.1, 0.15) is 373 Å². The molecule has 0 aliphatic carbocycles. The minimum absolute atomic E-state index is 0.268. The molecule has 1 heterocycles. The van der Waals surface area contributed by atoms with E-state index < -0.39 is 74.2 Å². The summed E-state index contributed by atoms with van der Waals surface area (Å²) in [5, 5.41) is 76.5. The van der Waals surface area contributed by atoms with Crippen molar-refractivity contribution in [3.05, 3.63) is 0 Å². The van der Waals surface area contributed by atoms with E-state index in [1.165, 1.54) is 295 Å². The molecule has 0 saturated carbocycles. The van der Waals surface area contributed by atoms with E-state index in [0.29, 0.717) is 19.3 Å². The first kappa shape index (κ1) is 78.1. The molecule has 81 heavy (non-hydrogen) atoms. The van der Waals surface area contributed by atoms with Crippen molar-refractivity contribution in [3.8, 4) is 0 Å². The quantitative estimate of drug-likeness (QED) is 0.0272. The standard InChI is InChI=1S/C70H139NO10/c1-3-5-7-9-11-13-15-17-19-21-23-25-27-28-29-30-31-32-33-34-35-36-38-40-42-44-46-48-50-52-54-56-58-63(74)69(79)71-61(60-80-70-68(78)67(77)66(76)64(59-72)81-70)65(75)62(73)57-55-53-51-49-47-45-43-41-39-37-26-24-22-20-18-16-14-12-10-8-6-4-2/h61-68,70,72-78H,3-60H2,1-2H3,(H,71,79). The fourth-order valence-corrected chi connectivity index (χ4v) is 12.2. The number of carbonyl (C=O) groups is 1. The molecule has 0 radical (unpaired) electrons. The van der Waals surface area contributed by atoms with Gasteiger partial charge in [0, 0.05) is 0 Å². The van der Waals surface area contributed by atoms with Crippen molar-refractivity contribution in [2.24, 2.45) is 0 Å². The number of nitrogens with one attached hydrogen (secondary N) is 1. The summed E-state index contributed by atoms with van der Waals surface area (Å²) in [5.74, 6) is -0.686. The van der Waals surface area contributed by atoms with Gasteiger partial charge in [-0.2, -0.15) is 0 Å². The summed E-state index contributed by atoms with van der Waals surface area (Å²) < 4.78 is 11.2. The van der Waals surface area contributed by atoms with Gasteiger partial charge in [-0.25, -0.2) is 0 Å². The molecule has 9 atom stereocenters. The van der Waals surface area contributed by atoms with E-state index >= 15 is 0 Å². The van der Waals surface area contributed by atoms with Crippen molar-refractivity contribution < 1.29 is 50.0 Å². The van der Waals surface area contributed by atoms with Gasteiger partial charge in [0.25, 0.3) is 0 Å². The van der Waals surface area contributed by atoms with E-state index in [0.717, 1.165) is 38.5 Å². The summed E-state index contributed by atoms with van der Waals surface area (Å²) in [5.41, 5.74) is 0. The van der Waals surface area contributed by atoms with Crippen LogP contribution in [-0.2, 0) is 14.3 Å². The van der Waals surface area contributed by atoms with E-state index in [4.69, 9.17) is 9.47 Å². The van der Waals surface area contributed by atoms with Crippen molar-refractivity contribution in [1.82, 2.24) is 5.32 Å². The number of rotatable bonds is 64. The Bertz CT molecular complexity index is 1280. The lowest BCUT2D eigenvalue weighted by molar-refractivity contribution is -0.303. The number of carbonyl (C=O) groups excluding carboxylic acids is 1. The highest BCUT2D eigenvalue weighted by Gasteiger charge is 2.44. The molecule has 11 heteroatoms. The molecule has 1 fully saturated rings. The first-order valence-electron chi connectivity index (χ1n) is 35.9. The molecule has 0 spiro atoms. The Labute approximate surface area is 500 Å². The fourth-order valence-electron chi connectivity index (χ4n) is 12.2. The Morgan fingerprint density at radius 1 is 0.383 bits per heavy atom. The first-order valence-corrected chi connectivity index (χ1v) is 35.9. The zero-order valence-corrected chi connectivity index (χ0v) is 53.6. The highest BCUT2D eigenvalue weighted by Crippen LogP contribution is 2.24. The molecule has 1 aliphatic rings. The maximum atomic E-state index is 13.3. The lowest BCUT2D eigenvalue weighted by Gasteiger charge is -2.40. The molecule has 484 valence electrons. The number of aliphatic hydroxyl groups is 7. The van der Waals surface area contributed by atoms with Crippen LogP contribution in [0.5, 0.6) is 0 Å². The predicted molar refractivity (Wildman–Crippen MR) is 340 cm³/mol. The Morgan fingerprint density at radius 3 is 0.914 bits per heavy atom. The van der Waals surface area contributed by atoms with Crippen LogP contribution in [0.3, 0.4) is 0 Å². The third-order valence-electron chi connectivity index (χ3n) is 17.9. The van der Waals surface area contributed by atoms with Crippen molar-refractivity contribution in [2.45, 2.75) is 428 Å². The average molecular weight is 1150 g/mol. The zero-order valence-electron chi connectivity index (χ0n) is 53.6. The van der Waals surface area contributed by atoms with Crippen LogP contribution in [-0.4, -0.2) is 110 Å². The Balaban J connectivity index is 2.16. The molecule has 1 aliphatic heterocycles. The van der Waals surface area contributed by atoms with Gasteiger partial charge in [0.05, 0.1) is 25.4 Å². The van der Waals surface area contributed by atoms with Gasteiger partial charge in [-0.1, -0.05) is 361 Å². The first-order chi connectivity index (χ1) is 39.7. The monoisotopic (exact) mass is 1150 g/mol. The van der Waals surface area contributed by atoms with E-state index in [9.17, 15) is 40.5 Å². The van der Waals surface area contributed by atoms with E-state index in [-0.39, 0.29) is 6.42 Å². The van der Waals surface area contributed by atoms with Crippen LogP contribution in [0.15, 0.2) is 0 Å². The summed E-state index contributed by atoms with van der Waals surface area (Å²) in [7, 11) is 0. The molecule has 9 unspecified atom stereocenters. The molecule has 0 aromatic carbocycles. The molecule has 1 saturated heterocycles. The van der Waals surface area contributed by atoms with Gasteiger partial charge < -0.3 is 50.5 Å². The third-order valence-corrected chi connectivity index (χ3v) is 17.9. The van der Waals surface area contributed by atoms with Crippen molar-refractivity contribution in [2.75, 3.05) is 13.2 Å². The lowest BCUT2D eigenvalue weighted by atomic mass is 9.98. The van der Waals surface area contributed by atoms with E-state index in [1.54, 1.807) is 0 Å². The van der Waals surface area contributed by atoms with Crippen LogP contribution in [0.4, 0.5) is 0 Å². The van der Waals surface area contributed by atoms with Gasteiger partial charge in [0.1, 0.15) is 36.6 Å². The normalized spacial score (nSPS) is 19.0. The van der Waals surface area contributed by atoms with Gasteiger partial charge in [-0.05, 0) is 12.8 Å². The van der Waals surface area contributed by atoms with Crippen LogP contribution >= 0.6 is 0 Å². The summed E-state index contributed by atoms with van der Waals surface area (Å²) >= 11 is 0. The van der Waals surface area contributed by atoms with Crippen LogP contribution in [0.25, 0.3) is 0 Å². The topological polar surface area (TPSA) is 189 Å². The maximum Gasteiger partial charge on any atom is 0.249 e. The van der Waals surface area contributed by atoms with Gasteiger partial charge in [-0.15, -0.1) is 0 Å². The van der Waals surface area contributed by atoms with Gasteiger partial charge >= 0.3 is 0 Å². The molecular weight excluding hydrogens is 1010 g/mol. The fraction of sp³-hybridized carbons (Fsp3) is 0.986. The van der Waals surface area contributed by atoms with Gasteiger partial charge in [0.15, 0.2) is 6.29 Å². The highest BCUT2D eigenvalue weighted by molar-refractivity contribution is 5.80. The second-order valence-corrected chi connectivity index (χ2v) is 25.7. The van der Waals surface area contributed by atoms with E-state index in [2.05, 4.69) is 19.2 Å². The van der Waals surface area contributed by atoms with Crippen LogP contribution in [0, 0.1) is 0 Å². The Hall–Kier alpha value is -0.890. The summed E-state index contributed by atoms with van der Waals surface area (Å²) in [6, 6.07) is -1.16. The molecule has 0 bridgehead atoms. The minimum Gasteiger partial charge on any atom is -0.394 e. The number of unbranched alkanes of at least 4 members (excludes halogenated alkanes) is 52. The Morgan fingerprint density at radius 2 is 0.642 bits per heavy atom. The minimum atomic E-state index is -1.66. The van der Waals surface area contributed by atoms with Gasteiger partial charge in [0.2, 0.25) is 5.91 Å². The molecule has 11 nitrogen and oxygen atoms in total. The molecule has 0 aromatic rings. The summed E-state index contributed by atoms with van der Waals surface area (Å²) in [4.78, 5) is 13.3. The smallest absolute Gasteiger partial charge is 0.249 e. The van der Waals surface area contributed by atoms with Crippen molar-refractivity contribution in [3.63, 3.8) is 0 Å². The molecule has 1 amide bonds. The lowest BCUT2D eigenvalue weighted by Crippen LogP contribution is -2.60. The van der Waals surface area contributed by atoms with Gasteiger partial charge in [-0.3, -0.25) is 4.79 Å². The van der Waals surface area contributed by atoms with Crippen LogP contribution < -0.4 is 5.32 Å².